The average Bonchev–Trinajstić information content (AvgIpc) is 1.97. The van der Waals surface area contributed by atoms with E-state index in [-0.39, 0.29) is 0 Å². The van der Waals surface area contributed by atoms with Gasteiger partial charge in [-0.1, -0.05) is 0 Å². The summed E-state index contributed by atoms with van der Waals surface area (Å²) in [7, 11) is -11.2. The molecule has 0 aromatic carbocycles. The van der Waals surface area contributed by atoms with Gasteiger partial charge in [0.1, 0.15) is 0 Å². The van der Waals surface area contributed by atoms with Gasteiger partial charge in [0.05, 0.1) is 5.66 Å². The van der Waals surface area contributed by atoms with Crippen molar-refractivity contribution in [3.63, 3.8) is 0 Å². The fourth-order valence-corrected chi connectivity index (χ4v) is 3.78. The van der Waals surface area contributed by atoms with Gasteiger partial charge in [0.25, 0.3) is 5.16 Å². The largest absolute Gasteiger partial charge is 0.480 e. The van der Waals surface area contributed by atoms with Crippen LogP contribution in [0.25, 0.3) is 0 Å². The van der Waals surface area contributed by atoms with E-state index in [0.29, 0.717) is 6.92 Å². The SMILES string of the molecule is CC(C(C(=O)O)(C(=O)O)P(=O)(O)O)P(=O)(O)O. The minimum Gasteiger partial charge on any atom is -0.480 e. The van der Waals surface area contributed by atoms with Gasteiger partial charge in [0.15, 0.2) is 0 Å². The third kappa shape index (κ3) is 2.57. The van der Waals surface area contributed by atoms with Crippen LogP contribution in [-0.4, -0.2) is 52.5 Å². The van der Waals surface area contributed by atoms with E-state index in [1.54, 1.807) is 0 Å². The molecular weight excluding hydrogens is 282 g/mol. The van der Waals surface area contributed by atoms with E-state index in [9.17, 15) is 18.7 Å². The summed E-state index contributed by atoms with van der Waals surface area (Å²) in [6, 6.07) is 0. The van der Waals surface area contributed by atoms with Gasteiger partial charge in [-0.2, -0.15) is 0 Å². The maximum atomic E-state index is 11.0. The molecule has 0 radical (unpaired) electrons. The van der Waals surface area contributed by atoms with Crippen LogP contribution in [0.5, 0.6) is 0 Å². The quantitative estimate of drug-likeness (QED) is 0.260. The highest BCUT2D eigenvalue weighted by atomic mass is 31.2. The number of rotatable bonds is 5. The molecule has 0 aromatic rings. The highest BCUT2D eigenvalue weighted by Crippen LogP contribution is 2.61. The van der Waals surface area contributed by atoms with Crippen LogP contribution < -0.4 is 0 Å². The molecule has 6 N–H and O–H groups in total. The summed E-state index contributed by atoms with van der Waals surface area (Å²) in [5.74, 6) is -5.04. The highest BCUT2D eigenvalue weighted by molar-refractivity contribution is 7.60. The lowest BCUT2D eigenvalue weighted by molar-refractivity contribution is -0.153. The number of carboxylic acid groups (broad SMARTS) is 2. The van der Waals surface area contributed by atoms with Gasteiger partial charge < -0.3 is 29.8 Å². The third-order valence-corrected chi connectivity index (χ3v) is 5.51. The van der Waals surface area contributed by atoms with Crippen molar-refractivity contribution in [2.75, 3.05) is 0 Å². The van der Waals surface area contributed by atoms with E-state index in [0.717, 1.165) is 0 Å². The monoisotopic (exact) mass is 292 g/mol. The highest BCUT2D eigenvalue weighted by Gasteiger charge is 2.68. The molecule has 0 aliphatic heterocycles. The summed E-state index contributed by atoms with van der Waals surface area (Å²) in [6.45, 7) is 0.447. The van der Waals surface area contributed by atoms with Crippen molar-refractivity contribution in [2.45, 2.75) is 17.7 Å². The van der Waals surface area contributed by atoms with Crippen LogP contribution in [0, 0.1) is 0 Å². The molecule has 0 saturated heterocycles. The Balaban J connectivity index is 6.24. The van der Waals surface area contributed by atoms with Crippen LogP contribution in [0.15, 0.2) is 0 Å². The molecule has 0 bridgehead atoms. The summed E-state index contributed by atoms with van der Waals surface area (Å²) in [4.78, 5) is 56.6. The Hall–Kier alpha value is -0.760. The molecule has 100 valence electrons. The molecular formula is C5H10O10P2. The molecule has 17 heavy (non-hydrogen) atoms. The van der Waals surface area contributed by atoms with Gasteiger partial charge in [-0.25, -0.2) is 0 Å². The first kappa shape index (κ1) is 16.2. The average molecular weight is 292 g/mol. The van der Waals surface area contributed by atoms with Gasteiger partial charge in [-0.05, 0) is 6.92 Å². The molecule has 0 aromatic heterocycles. The molecule has 0 spiro atoms. The van der Waals surface area contributed by atoms with Crippen molar-refractivity contribution >= 4 is 27.1 Å². The smallest absolute Gasteiger partial charge is 0.355 e. The summed E-state index contributed by atoms with van der Waals surface area (Å²) >= 11 is 0. The van der Waals surface area contributed by atoms with Crippen LogP contribution in [0.3, 0.4) is 0 Å². The van der Waals surface area contributed by atoms with Crippen LogP contribution in [-0.2, 0) is 18.7 Å². The minimum atomic E-state index is -5.86. The maximum Gasteiger partial charge on any atom is 0.355 e. The molecule has 1 unspecified atom stereocenters. The molecule has 0 fully saturated rings. The van der Waals surface area contributed by atoms with Gasteiger partial charge in [-0.3, -0.25) is 18.7 Å². The van der Waals surface area contributed by atoms with Crippen molar-refractivity contribution in [1.82, 2.24) is 0 Å². The second-order valence-electron chi connectivity index (χ2n) is 3.19. The van der Waals surface area contributed by atoms with Crippen LogP contribution in [0.2, 0.25) is 0 Å². The van der Waals surface area contributed by atoms with Crippen molar-refractivity contribution in [3.05, 3.63) is 0 Å². The molecule has 10 nitrogen and oxygen atoms in total. The molecule has 0 heterocycles. The summed E-state index contributed by atoms with van der Waals surface area (Å²) in [5, 5.41) is 13.4. The molecule has 0 aliphatic carbocycles. The maximum absolute atomic E-state index is 11.0. The second-order valence-corrected chi connectivity index (χ2v) is 6.93. The number of carboxylic acids is 2. The van der Waals surface area contributed by atoms with Gasteiger partial charge in [-0.15, -0.1) is 0 Å². The van der Waals surface area contributed by atoms with E-state index in [2.05, 4.69) is 0 Å². The summed E-state index contributed by atoms with van der Waals surface area (Å²) in [5.41, 5.74) is -2.59. The number of hydrogen-bond acceptors (Lipinski definition) is 4. The Labute approximate surface area is 94.2 Å². The van der Waals surface area contributed by atoms with Gasteiger partial charge in [0.2, 0.25) is 0 Å². The van der Waals surface area contributed by atoms with E-state index in [1.165, 1.54) is 0 Å². The first-order valence-corrected chi connectivity index (χ1v) is 7.16. The zero-order valence-electron chi connectivity index (χ0n) is 8.29. The van der Waals surface area contributed by atoms with E-state index in [1.807, 2.05) is 0 Å². The predicted octanol–water partition coefficient (Wildman–Crippen LogP) is -1.36. The van der Waals surface area contributed by atoms with E-state index in [4.69, 9.17) is 29.8 Å². The fourth-order valence-electron chi connectivity index (χ4n) is 1.18. The molecule has 12 heteroatoms. The molecule has 0 aliphatic rings. The van der Waals surface area contributed by atoms with Crippen LogP contribution in [0.4, 0.5) is 0 Å². The Morgan fingerprint density at radius 1 is 1.00 bits per heavy atom. The third-order valence-electron chi connectivity index (χ3n) is 2.22. The van der Waals surface area contributed by atoms with Crippen LogP contribution >= 0.6 is 15.2 Å². The number of carbonyl (C=O) groups is 2. The summed E-state index contributed by atoms with van der Waals surface area (Å²) in [6.07, 6.45) is 0. The van der Waals surface area contributed by atoms with Crippen molar-refractivity contribution in [1.29, 1.82) is 0 Å². The lowest BCUT2D eigenvalue weighted by Gasteiger charge is -2.31. The normalized spacial score (nSPS) is 15.4. The lowest BCUT2D eigenvalue weighted by atomic mass is 10.1. The summed E-state index contributed by atoms with van der Waals surface area (Å²) < 4.78 is 21.9. The molecule has 0 rings (SSSR count). The minimum absolute atomic E-state index is 0.447. The topological polar surface area (TPSA) is 190 Å². The number of hydrogen-bond donors (Lipinski definition) is 6. The zero-order valence-corrected chi connectivity index (χ0v) is 10.1. The predicted molar refractivity (Wildman–Crippen MR) is 51.6 cm³/mol. The molecule has 0 saturated carbocycles. The van der Waals surface area contributed by atoms with Crippen molar-refractivity contribution in [3.8, 4) is 0 Å². The fraction of sp³-hybridized carbons (Fsp3) is 0.600. The first-order valence-electron chi connectivity index (χ1n) is 3.87. The molecule has 1 atom stereocenters. The van der Waals surface area contributed by atoms with Crippen LogP contribution in [0.1, 0.15) is 6.92 Å². The second kappa shape index (κ2) is 4.49. The van der Waals surface area contributed by atoms with Crippen molar-refractivity contribution < 1.29 is 48.5 Å². The standard InChI is InChI=1S/C5H10O10P2/c1-2(16(10,11)12)5(3(6)7,4(8)9)17(13,14)15/h2H,1H3,(H,6,7)(H,8,9)(H2,10,11,12)(H2,13,14,15). The molecule has 0 amide bonds. The van der Waals surface area contributed by atoms with Crippen molar-refractivity contribution in [2.24, 2.45) is 0 Å². The zero-order chi connectivity index (χ0) is 14.2. The Morgan fingerprint density at radius 2 is 1.29 bits per heavy atom. The Bertz CT molecular complexity index is 414. The number of aliphatic carboxylic acids is 2. The van der Waals surface area contributed by atoms with Gasteiger partial charge in [0, 0.05) is 0 Å². The van der Waals surface area contributed by atoms with E-state index >= 15 is 0 Å². The van der Waals surface area contributed by atoms with E-state index < -0.39 is 37.9 Å². The Morgan fingerprint density at radius 3 is 1.35 bits per heavy atom. The van der Waals surface area contributed by atoms with Gasteiger partial charge >= 0.3 is 27.1 Å². The Kier molecular flexibility index (Phi) is 4.29. The lowest BCUT2D eigenvalue weighted by Crippen LogP contribution is -2.54. The first-order chi connectivity index (χ1) is 7.29.